The van der Waals surface area contributed by atoms with Gasteiger partial charge in [-0.3, -0.25) is 4.79 Å². The largest absolute Gasteiger partial charge is 0.353 e. The van der Waals surface area contributed by atoms with Crippen LogP contribution in [0.4, 0.5) is 17.5 Å². The first-order valence-electron chi connectivity index (χ1n) is 10.5. The SMILES string of the molecule is CC(C)(C)c1ccc(C(=O)Nc2cnc(N3CCN(c4ccccn4)CC3)nc2)cc1. The Balaban J connectivity index is 1.34. The van der Waals surface area contributed by atoms with Crippen LogP contribution in [0, 0.1) is 0 Å². The van der Waals surface area contributed by atoms with Gasteiger partial charge in [0, 0.05) is 37.9 Å². The molecule has 2 aromatic heterocycles. The summed E-state index contributed by atoms with van der Waals surface area (Å²) in [6.07, 6.45) is 5.14. The van der Waals surface area contributed by atoms with E-state index >= 15 is 0 Å². The molecule has 31 heavy (non-hydrogen) atoms. The summed E-state index contributed by atoms with van der Waals surface area (Å²) < 4.78 is 0. The molecule has 0 saturated carbocycles. The number of aromatic nitrogens is 3. The predicted octanol–water partition coefficient (Wildman–Crippen LogP) is 3.75. The molecule has 0 unspecified atom stereocenters. The topological polar surface area (TPSA) is 74.2 Å². The van der Waals surface area contributed by atoms with Gasteiger partial charge in [0.15, 0.2) is 0 Å². The molecule has 7 heteroatoms. The molecule has 1 amide bonds. The van der Waals surface area contributed by atoms with E-state index in [0.717, 1.165) is 32.0 Å². The van der Waals surface area contributed by atoms with Crippen LogP contribution >= 0.6 is 0 Å². The number of rotatable bonds is 4. The number of pyridine rings is 1. The molecule has 160 valence electrons. The highest BCUT2D eigenvalue weighted by molar-refractivity contribution is 6.04. The van der Waals surface area contributed by atoms with Crippen LogP contribution in [0.3, 0.4) is 0 Å². The minimum Gasteiger partial charge on any atom is -0.353 e. The minimum atomic E-state index is -0.166. The van der Waals surface area contributed by atoms with E-state index in [-0.39, 0.29) is 11.3 Å². The Morgan fingerprint density at radius 3 is 2.10 bits per heavy atom. The first-order valence-corrected chi connectivity index (χ1v) is 10.5. The van der Waals surface area contributed by atoms with Gasteiger partial charge in [-0.25, -0.2) is 15.0 Å². The molecule has 0 atom stereocenters. The Morgan fingerprint density at radius 1 is 0.871 bits per heavy atom. The van der Waals surface area contributed by atoms with Gasteiger partial charge in [-0.15, -0.1) is 0 Å². The molecule has 3 heterocycles. The number of carbonyl (C=O) groups is 1. The van der Waals surface area contributed by atoms with Gasteiger partial charge in [-0.05, 0) is 35.2 Å². The number of nitrogens with one attached hydrogen (secondary N) is 1. The van der Waals surface area contributed by atoms with E-state index in [1.54, 1.807) is 12.4 Å². The van der Waals surface area contributed by atoms with Crippen LogP contribution in [-0.2, 0) is 5.41 Å². The standard InChI is InChI=1S/C24H28N6O/c1-24(2,3)19-9-7-18(8-10-19)22(31)28-20-16-26-23(27-17-20)30-14-12-29(13-15-30)21-6-4-5-11-25-21/h4-11,16-17H,12-15H2,1-3H3,(H,28,31). The van der Waals surface area contributed by atoms with Crippen molar-refractivity contribution in [3.63, 3.8) is 0 Å². The third-order valence-corrected chi connectivity index (χ3v) is 5.44. The van der Waals surface area contributed by atoms with E-state index < -0.39 is 0 Å². The fraction of sp³-hybridized carbons (Fsp3) is 0.333. The lowest BCUT2D eigenvalue weighted by molar-refractivity contribution is 0.102. The lowest BCUT2D eigenvalue weighted by atomic mass is 9.87. The predicted molar refractivity (Wildman–Crippen MR) is 124 cm³/mol. The maximum atomic E-state index is 12.5. The lowest BCUT2D eigenvalue weighted by Crippen LogP contribution is -2.47. The Labute approximate surface area is 183 Å². The van der Waals surface area contributed by atoms with Crippen molar-refractivity contribution in [1.82, 2.24) is 15.0 Å². The molecule has 1 aliphatic rings. The highest BCUT2D eigenvalue weighted by atomic mass is 16.1. The summed E-state index contributed by atoms with van der Waals surface area (Å²) in [5.74, 6) is 1.51. The van der Waals surface area contributed by atoms with Gasteiger partial charge in [-0.1, -0.05) is 39.0 Å². The molecule has 1 aromatic carbocycles. The van der Waals surface area contributed by atoms with Crippen molar-refractivity contribution >= 4 is 23.4 Å². The third kappa shape index (κ3) is 4.99. The molecule has 0 bridgehead atoms. The van der Waals surface area contributed by atoms with Crippen LogP contribution in [0.15, 0.2) is 61.1 Å². The second-order valence-corrected chi connectivity index (χ2v) is 8.72. The van der Waals surface area contributed by atoms with E-state index in [0.29, 0.717) is 17.2 Å². The Hall–Kier alpha value is -3.48. The molecule has 7 nitrogen and oxygen atoms in total. The van der Waals surface area contributed by atoms with Gasteiger partial charge in [0.2, 0.25) is 5.95 Å². The Bertz CT molecular complexity index is 1000. The van der Waals surface area contributed by atoms with Crippen molar-refractivity contribution in [2.24, 2.45) is 0 Å². The van der Waals surface area contributed by atoms with Crippen molar-refractivity contribution in [3.8, 4) is 0 Å². The average Bonchev–Trinajstić information content (AvgIpc) is 2.80. The summed E-state index contributed by atoms with van der Waals surface area (Å²) in [6.45, 7) is 9.83. The minimum absolute atomic E-state index is 0.0573. The van der Waals surface area contributed by atoms with Crippen molar-refractivity contribution in [2.45, 2.75) is 26.2 Å². The smallest absolute Gasteiger partial charge is 0.255 e. The average molecular weight is 417 g/mol. The molecular weight excluding hydrogens is 388 g/mol. The number of nitrogens with zero attached hydrogens (tertiary/aromatic N) is 5. The summed E-state index contributed by atoms with van der Waals surface area (Å²) in [7, 11) is 0. The molecular formula is C24H28N6O. The van der Waals surface area contributed by atoms with Crippen LogP contribution in [0.2, 0.25) is 0 Å². The molecule has 0 aliphatic carbocycles. The first-order chi connectivity index (χ1) is 14.9. The Kier molecular flexibility index (Phi) is 5.84. The van der Waals surface area contributed by atoms with Crippen LogP contribution in [0.5, 0.6) is 0 Å². The van der Waals surface area contributed by atoms with Gasteiger partial charge >= 0.3 is 0 Å². The second kappa shape index (κ2) is 8.71. The van der Waals surface area contributed by atoms with Gasteiger partial charge < -0.3 is 15.1 Å². The highest BCUT2D eigenvalue weighted by Crippen LogP contribution is 2.22. The molecule has 3 aromatic rings. The van der Waals surface area contributed by atoms with Gasteiger partial charge in [0.05, 0.1) is 18.1 Å². The molecule has 1 N–H and O–H groups in total. The zero-order valence-electron chi connectivity index (χ0n) is 18.2. The van der Waals surface area contributed by atoms with E-state index in [4.69, 9.17) is 0 Å². The summed E-state index contributed by atoms with van der Waals surface area (Å²) in [6, 6.07) is 13.7. The van der Waals surface area contributed by atoms with Gasteiger partial charge in [-0.2, -0.15) is 0 Å². The van der Waals surface area contributed by atoms with E-state index in [2.05, 4.69) is 50.8 Å². The van der Waals surface area contributed by atoms with Crippen LogP contribution in [0.25, 0.3) is 0 Å². The van der Waals surface area contributed by atoms with Crippen molar-refractivity contribution in [1.29, 1.82) is 0 Å². The molecule has 1 fully saturated rings. The summed E-state index contributed by atoms with van der Waals surface area (Å²) in [5.41, 5.74) is 2.45. The number of piperazine rings is 1. The van der Waals surface area contributed by atoms with Crippen LogP contribution < -0.4 is 15.1 Å². The number of anilines is 3. The van der Waals surface area contributed by atoms with Crippen molar-refractivity contribution in [2.75, 3.05) is 41.3 Å². The summed E-state index contributed by atoms with van der Waals surface area (Å²) in [5, 5.41) is 2.88. The number of hydrogen-bond donors (Lipinski definition) is 1. The van der Waals surface area contributed by atoms with E-state index in [1.165, 1.54) is 5.56 Å². The number of benzene rings is 1. The molecule has 0 spiro atoms. The quantitative estimate of drug-likeness (QED) is 0.698. The first kappa shape index (κ1) is 20.8. The summed E-state index contributed by atoms with van der Waals surface area (Å²) >= 11 is 0. The van der Waals surface area contributed by atoms with E-state index in [9.17, 15) is 4.79 Å². The number of amides is 1. The fourth-order valence-electron chi connectivity index (χ4n) is 3.55. The highest BCUT2D eigenvalue weighted by Gasteiger charge is 2.20. The molecule has 1 saturated heterocycles. The third-order valence-electron chi connectivity index (χ3n) is 5.44. The number of carbonyl (C=O) groups excluding carboxylic acids is 1. The van der Waals surface area contributed by atoms with Crippen molar-refractivity contribution in [3.05, 3.63) is 72.2 Å². The fourth-order valence-corrected chi connectivity index (χ4v) is 3.55. The Morgan fingerprint density at radius 2 is 1.52 bits per heavy atom. The van der Waals surface area contributed by atoms with Gasteiger partial charge in [0.25, 0.3) is 5.91 Å². The van der Waals surface area contributed by atoms with E-state index in [1.807, 2.05) is 48.7 Å². The molecule has 1 aliphatic heterocycles. The number of hydrogen-bond acceptors (Lipinski definition) is 6. The lowest BCUT2D eigenvalue weighted by Gasteiger charge is -2.35. The maximum absolute atomic E-state index is 12.5. The van der Waals surface area contributed by atoms with Crippen LogP contribution in [-0.4, -0.2) is 47.0 Å². The molecule has 4 rings (SSSR count). The zero-order chi connectivity index (χ0) is 21.8. The molecule has 0 radical (unpaired) electrons. The normalized spacial score (nSPS) is 14.4. The maximum Gasteiger partial charge on any atom is 0.255 e. The zero-order valence-corrected chi connectivity index (χ0v) is 18.2. The second-order valence-electron chi connectivity index (χ2n) is 8.72. The van der Waals surface area contributed by atoms with Crippen LogP contribution in [0.1, 0.15) is 36.7 Å². The van der Waals surface area contributed by atoms with Crippen molar-refractivity contribution < 1.29 is 4.79 Å². The van der Waals surface area contributed by atoms with Gasteiger partial charge in [0.1, 0.15) is 5.82 Å². The summed E-state index contributed by atoms with van der Waals surface area (Å²) in [4.78, 5) is 30.3. The monoisotopic (exact) mass is 416 g/mol.